The number of halogens is 3. The lowest BCUT2D eigenvalue weighted by molar-refractivity contribution is 0.254. The molecule has 0 saturated heterocycles. The number of alkyl halides is 2. The maximum absolute atomic E-state index is 12.2. The molecule has 1 aromatic heterocycles. The topological polar surface area (TPSA) is 41.1 Å². The van der Waals surface area contributed by atoms with Crippen LogP contribution in [0.4, 0.5) is 14.2 Å². The lowest BCUT2D eigenvalue weighted by Crippen LogP contribution is -2.28. The molecule has 0 aromatic carbocycles. The van der Waals surface area contributed by atoms with Gasteiger partial charge in [0.15, 0.2) is 0 Å². The normalized spacial score (nSPS) is 13.1. The van der Waals surface area contributed by atoms with Gasteiger partial charge >= 0.3 is 6.03 Å². The summed E-state index contributed by atoms with van der Waals surface area (Å²) in [7, 11) is 0. The van der Waals surface area contributed by atoms with Crippen molar-refractivity contribution < 1.29 is 9.18 Å². The van der Waals surface area contributed by atoms with Gasteiger partial charge in [-0.05, 0) is 24.0 Å². The molecule has 7 heteroatoms. The van der Waals surface area contributed by atoms with Crippen LogP contribution in [0.1, 0.15) is 37.6 Å². The average Bonchev–Trinajstić information content (AvgIpc) is 2.86. The molecule has 2 amide bonds. The summed E-state index contributed by atoms with van der Waals surface area (Å²) in [4.78, 5) is 13.4. The Bertz CT molecular complexity index is 633. The molecule has 0 bridgehead atoms. The highest BCUT2D eigenvalue weighted by Gasteiger charge is 2.19. The van der Waals surface area contributed by atoms with Crippen LogP contribution in [-0.4, -0.2) is 18.6 Å². The van der Waals surface area contributed by atoms with Crippen molar-refractivity contribution in [2.24, 2.45) is 0 Å². The summed E-state index contributed by atoms with van der Waals surface area (Å²) in [6, 6.07) is 1.68. The second-order valence-corrected chi connectivity index (χ2v) is 8.07. The van der Waals surface area contributed by atoms with Gasteiger partial charge in [0.05, 0.1) is 15.9 Å². The van der Waals surface area contributed by atoms with Crippen LogP contribution < -0.4 is 10.6 Å². The fourth-order valence-corrected chi connectivity index (χ4v) is 3.23. The molecule has 24 heavy (non-hydrogen) atoms. The van der Waals surface area contributed by atoms with Crippen molar-refractivity contribution >= 4 is 45.6 Å². The predicted octanol–water partition coefficient (Wildman–Crippen LogP) is 6.08. The molecule has 0 aliphatic carbocycles. The molecule has 1 heterocycles. The van der Waals surface area contributed by atoms with Crippen LogP contribution in [0.2, 0.25) is 0 Å². The minimum atomic E-state index is -0.568. The summed E-state index contributed by atoms with van der Waals surface area (Å²) in [5.41, 5.74) is 1.49. The number of hydrogen-bond acceptors (Lipinski definition) is 2. The summed E-state index contributed by atoms with van der Waals surface area (Å²) in [5, 5.41) is 6.65. The van der Waals surface area contributed by atoms with Crippen molar-refractivity contribution in [1.82, 2.24) is 5.32 Å². The van der Waals surface area contributed by atoms with E-state index in [-0.39, 0.29) is 11.3 Å². The number of aryl methyl sites for hydroxylation is 1. The maximum atomic E-state index is 12.2. The molecule has 2 N–H and O–H groups in total. The van der Waals surface area contributed by atoms with E-state index >= 15 is 0 Å². The van der Waals surface area contributed by atoms with Gasteiger partial charge < -0.3 is 5.32 Å². The fraction of sp³-hybridized carbons (Fsp3) is 0.471. The van der Waals surface area contributed by atoms with E-state index in [4.69, 9.17) is 23.2 Å². The number of rotatable bonds is 6. The van der Waals surface area contributed by atoms with Gasteiger partial charge in [-0.15, -0.1) is 22.9 Å². The number of allylic oxidation sites excluding steroid dienone is 3. The molecule has 3 nitrogen and oxygen atoms in total. The molecule has 1 rings (SSSR count). The summed E-state index contributed by atoms with van der Waals surface area (Å²) in [6.45, 7) is 7.76. The Morgan fingerprint density at radius 2 is 2.04 bits per heavy atom. The zero-order chi connectivity index (χ0) is 18.3. The first-order valence-electron chi connectivity index (χ1n) is 7.52. The van der Waals surface area contributed by atoms with E-state index in [0.29, 0.717) is 17.2 Å². The first-order valence-corrected chi connectivity index (χ1v) is 9.25. The number of anilines is 1. The third kappa shape index (κ3) is 6.46. The zero-order valence-corrected chi connectivity index (χ0v) is 16.6. The number of urea groups is 1. The predicted molar refractivity (Wildman–Crippen MR) is 103 cm³/mol. The molecule has 0 radical (unpaired) electrons. The van der Waals surface area contributed by atoms with E-state index in [2.05, 4.69) is 37.5 Å². The minimum absolute atomic E-state index is 0.0238. The molecule has 0 aliphatic heterocycles. The van der Waals surface area contributed by atoms with E-state index in [9.17, 15) is 9.18 Å². The number of hydrogen-bond donors (Lipinski definition) is 2. The summed E-state index contributed by atoms with van der Waals surface area (Å²) in [6.07, 6.45) is 3.26. The van der Waals surface area contributed by atoms with Gasteiger partial charge in [0.1, 0.15) is 6.67 Å². The summed E-state index contributed by atoms with van der Waals surface area (Å²) < 4.78 is 12.2. The molecule has 0 spiro atoms. The van der Waals surface area contributed by atoms with E-state index in [1.54, 1.807) is 17.4 Å². The third-order valence-corrected chi connectivity index (χ3v) is 5.52. The number of nitrogens with one attached hydrogen (secondary N) is 2. The highest BCUT2D eigenvalue weighted by molar-refractivity contribution is 7.16. The molecule has 0 atom stereocenters. The van der Waals surface area contributed by atoms with E-state index in [1.165, 1.54) is 11.0 Å². The van der Waals surface area contributed by atoms with Crippen molar-refractivity contribution in [3.8, 4) is 0 Å². The van der Waals surface area contributed by atoms with Gasteiger partial charge in [0.2, 0.25) is 0 Å². The summed E-state index contributed by atoms with van der Waals surface area (Å²) in [5.74, 6) is 0.0762. The Morgan fingerprint density at radius 3 is 2.54 bits per heavy atom. The molecular formula is C17H23Cl2FN2OS. The average molecular weight is 393 g/mol. The van der Waals surface area contributed by atoms with Gasteiger partial charge in [-0.2, -0.15) is 0 Å². The van der Waals surface area contributed by atoms with E-state index in [1.807, 2.05) is 6.92 Å². The van der Waals surface area contributed by atoms with Crippen LogP contribution in [0, 0.1) is 6.92 Å². The Balaban J connectivity index is 2.83. The zero-order valence-electron chi connectivity index (χ0n) is 14.3. The van der Waals surface area contributed by atoms with Crippen molar-refractivity contribution in [1.29, 1.82) is 0 Å². The molecule has 0 saturated carbocycles. The van der Waals surface area contributed by atoms with Crippen molar-refractivity contribution in [3.05, 3.63) is 39.4 Å². The molecule has 134 valence electrons. The monoisotopic (exact) mass is 392 g/mol. The van der Waals surface area contributed by atoms with Crippen LogP contribution in [-0.2, 0) is 5.41 Å². The van der Waals surface area contributed by atoms with Crippen LogP contribution in [0.5, 0.6) is 0 Å². The highest BCUT2D eigenvalue weighted by Crippen LogP contribution is 2.35. The smallest absolute Gasteiger partial charge is 0.310 e. The molecular weight excluding hydrogens is 370 g/mol. The van der Waals surface area contributed by atoms with Gasteiger partial charge in [0, 0.05) is 17.0 Å². The molecule has 0 fully saturated rings. The first-order chi connectivity index (χ1) is 11.2. The first kappa shape index (κ1) is 21.0. The second-order valence-electron chi connectivity index (χ2n) is 6.30. The van der Waals surface area contributed by atoms with Crippen LogP contribution in [0.3, 0.4) is 0 Å². The lowest BCUT2D eigenvalue weighted by Gasteiger charge is -2.15. The Labute approximate surface area is 156 Å². The minimum Gasteiger partial charge on any atom is -0.310 e. The Kier molecular flexibility index (Phi) is 8.27. The number of amides is 2. The van der Waals surface area contributed by atoms with Gasteiger partial charge in [-0.1, -0.05) is 44.5 Å². The van der Waals surface area contributed by atoms with E-state index in [0.717, 1.165) is 10.6 Å². The van der Waals surface area contributed by atoms with Gasteiger partial charge in [-0.3, -0.25) is 5.32 Å². The van der Waals surface area contributed by atoms with Gasteiger partial charge in [-0.25, -0.2) is 9.18 Å². The van der Waals surface area contributed by atoms with Crippen molar-refractivity contribution in [3.63, 3.8) is 0 Å². The number of carbonyl (C=O) groups excluding carboxylic acids is 1. The van der Waals surface area contributed by atoms with Crippen LogP contribution in [0.15, 0.2) is 28.9 Å². The maximum Gasteiger partial charge on any atom is 0.324 e. The summed E-state index contributed by atoms with van der Waals surface area (Å²) >= 11 is 13.3. The molecule has 0 aliphatic rings. The SMILES string of the molecule is Cc1cc(C(C)(C)C)sc1NC(=O)N/C(C/C=C\CF)=C(\Cl)CCl. The van der Waals surface area contributed by atoms with Crippen molar-refractivity contribution in [2.45, 2.75) is 39.5 Å². The number of thiophene rings is 1. The second kappa shape index (κ2) is 9.44. The Hall–Kier alpha value is -1.04. The molecule has 0 unspecified atom stereocenters. The highest BCUT2D eigenvalue weighted by atomic mass is 35.5. The third-order valence-electron chi connectivity index (χ3n) is 3.17. The fourth-order valence-electron chi connectivity index (χ4n) is 1.82. The van der Waals surface area contributed by atoms with Crippen molar-refractivity contribution in [2.75, 3.05) is 17.9 Å². The Morgan fingerprint density at radius 1 is 1.38 bits per heavy atom. The lowest BCUT2D eigenvalue weighted by atomic mass is 9.94. The van der Waals surface area contributed by atoms with Crippen LogP contribution >= 0.6 is 34.5 Å². The standard InChI is InChI=1S/C17H23Cl2FN2OS/c1-11-9-14(17(2,3)4)24-15(11)22-16(23)21-13(12(19)10-18)7-5-6-8-20/h5-6,9H,7-8,10H2,1-4H3,(H2,21,22,23)/b6-5-,13-12-. The van der Waals surface area contributed by atoms with Gasteiger partial charge in [0.25, 0.3) is 0 Å². The molecule has 1 aromatic rings. The van der Waals surface area contributed by atoms with Crippen LogP contribution in [0.25, 0.3) is 0 Å². The largest absolute Gasteiger partial charge is 0.324 e. The van der Waals surface area contributed by atoms with E-state index < -0.39 is 12.7 Å². The number of carbonyl (C=O) groups is 1. The quantitative estimate of drug-likeness (QED) is 0.446.